The standard InChI is InChI=1S/C13H18O3/c1-9-7-5-6-8-10(9)13(4,16)12(2,3)11(14)15/h5-8,16H,1-4H3,(H,14,15). The Bertz CT molecular complexity index is 405. The van der Waals surface area contributed by atoms with E-state index in [2.05, 4.69) is 0 Å². The Morgan fingerprint density at radius 2 is 1.69 bits per heavy atom. The van der Waals surface area contributed by atoms with Gasteiger partial charge in [-0.1, -0.05) is 24.3 Å². The van der Waals surface area contributed by atoms with Crippen molar-refractivity contribution in [3.05, 3.63) is 35.4 Å². The molecule has 0 saturated carbocycles. The number of carboxylic acids is 1. The molecule has 1 atom stereocenters. The van der Waals surface area contributed by atoms with E-state index in [0.29, 0.717) is 5.56 Å². The molecule has 0 aromatic heterocycles. The molecule has 1 aromatic rings. The third kappa shape index (κ3) is 1.83. The number of carbonyl (C=O) groups is 1. The summed E-state index contributed by atoms with van der Waals surface area (Å²) in [6.07, 6.45) is 0. The van der Waals surface area contributed by atoms with Gasteiger partial charge in [0.05, 0.1) is 5.41 Å². The third-order valence-corrected chi connectivity index (χ3v) is 3.42. The molecule has 1 unspecified atom stereocenters. The van der Waals surface area contributed by atoms with Gasteiger partial charge in [-0.05, 0) is 38.8 Å². The van der Waals surface area contributed by atoms with Crippen LogP contribution >= 0.6 is 0 Å². The predicted molar refractivity (Wildman–Crippen MR) is 62.2 cm³/mol. The summed E-state index contributed by atoms with van der Waals surface area (Å²) in [6, 6.07) is 7.29. The predicted octanol–water partition coefficient (Wildman–Crippen LogP) is 2.31. The summed E-state index contributed by atoms with van der Waals surface area (Å²) in [5.41, 5.74) is -1.09. The second-order valence-corrected chi connectivity index (χ2v) is 4.82. The minimum Gasteiger partial charge on any atom is -0.481 e. The molecule has 0 bridgehead atoms. The molecule has 0 radical (unpaired) electrons. The number of aliphatic hydroxyl groups is 1. The molecule has 3 heteroatoms. The summed E-state index contributed by atoms with van der Waals surface area (Å²) in [5.74, 6) is -1.01. The fourth-order valence-electron chi connectivity index (χ4n) is 1.66. The van der Waals surface area contributed by atoms with Crippen LogP contribution in [0.15, 0.2) is 24.3 Å². The highest BCUT2D eigenvalue weighted by Crippen LogP contribution is 2.40. The van der Waals surface area contributed by atoms with E-state index in [1.165, 1.54) is 13.8 Å². The Morgan fingerprint density at radius 3 is 2.12 bits per heavy atom. The topological polar surface area (TPSA) is 57.5 Å². The molecule has 0 heterocycles. The SMILES string of the molecule is Cc1ccccc1C(C)(O)C(C)(C)C(=O)O. The average molecular weight is 222 g/mol. The van der Waals surface area contributed by atoms with Crippen LogP contribution in [0.25, 0.3) is 0 Å². The minimum absolute atomic E-state index is 0.655. The molecular weight excluding hydrogens is 204 g/mol. The van der Waals surface area contributed by atoms with Gasteiger partial charge < -0.3 is 10.2 Å². The molecule has 0 fully saturated rings. The normalized spacial score (nSPS) is 15.6. The van der Waals surface area contributed by atoms with Gasteiger partial charge in [-0.15, -0.1) is 0 Å². The lowest BCUT2D eigenvalue weighted by Crippen LogP contribution is -2.45. The van der Waals surface area contributed by atoms with Gasteiger partial charge >= 0.3 is 5.97 Å². The first-order chi connectivity index (χ1) is 7.21. The molecule has 88 valence electrons. The summed E-state index contributed by atoms with van der Waals surface area (Å²) in [5, 5.41) is 19.7. The van der Waals surface area contributed by atoms with E-state index in [-0.39, 0.29) is 0 Å². The molecule has 3 nitrogen and oxygen atoms in total. The number of hydrogen-bond acceptors (Lipinski definition) is 2. The van der Waals surface area contributed by atoms with E-state index in [4.69, 9.17) is 5.11 Å². The van der Waals surface area contributed by atoms with E-state index in [1.54, 1.807) is 19.1 Å². The van der Waals surface area contributed by atoms with E-state index in [0.717, 1.165) is 5.56 Å². The first-order valence-corrected chi connectivity index (χ1v) is 5.23. The second kappa shape index (κ2) is 3.91. The summed E-state index contributed by atoms with van der Waals surface area (Å²) in [6.45, 7) is 6.47. The number of benzene rings is 1. The van der Waals surface area contributed by atoms with Crippen molar-refractivity contribution < 1.29 is 15.0 Å². The number of hydrogen-bond donors (Lipinski definition) is 2. The largest absolute Gasteiger partial charge is 0.481 e. The number of carboxylic acid groups (broad SMARTS) is 1. The highest BCUT2D eigenvalue weighted by molar-refractivity contribution is 5.75. The monoisotopic (exact) mass is 222 g/mol. The quantitative estimate of drug-likeness (QED) is 0.825. The minimum atomic E-state index is -1.40. The maximum atomic E-state index is 11.2. The van der Waals surface area contributed by atoms with Gasteiger partial charge in [-0.25, -0.2) is 0 Å². The van der Waals surface area contributed by atoms with Crippen LogP contribution in [0, 0.1) is 12.3 Å². The van der Waals surface area contributed by atoms with Gasteiger partial charge in [-0.3, -0.25) is 4.79 Å². The van der Waals surface area contributed by atoms with Crippen molar-refractivity contribution in [3.63, 3.8) is 0 Å². The molecule has 2 N–H and O–H groups in total. The summed E-state index contributed by atoms with van der Waals surface area (Å²) in [4.78, 5) is 11.2. The van der Waals surface area contributed by atoms with Gasteiger partial charge in [0.2, 0.25) is 0 Å². The maximum absolute atomic E-state index is 11.2. The third-order valence-electron chi connectivity index (χ3n) is 3.42. The molecule has 0 aliphatic rings. The first kappa shape index (κ1) is 12.7. The van der Waals surface area contributed by atoms with E-state index in [1.807, 2.05) is 19.1 Å². The van der Waals surface area contributed by atoms with Crippen LogP contribution in [0.4, 0.5) is 0 Å². The zero-order valence-electron chi connectivity index (χ0n) is 10.1. The Morgan fingerprint density at radius 1 is 1.19 bits per heavy atom. The molecule has 0 aliphatic heterocycles. The fourth-order valence-corrected chi connectivity index (χ4v) is 1.66. The summed E-state index contributed by atoms with van der Waals surface area (Å²) in [7, 11) is 0. The van der Waals surface area contributed by atoms with Gasteiger partial charge in [0.1, 0.15) is 5.60 Å². The highest BCUT2D eigenvalue weighted by Gasteiger charge is 2.47. The lowest BCUT2D eigenvalue weighted by atomic mass is 9.71. The molecule has 0 spiro atoms. The van der Waals surface area contributed by atoms with Crippen molar-refractivity contribution in [2.24, 2.45) is 5.41 Å². The molecular formula is C13H18O3. The van der Waals surface area contributed by atoms with Crippen molar-refractivity contribution in [3.8, 4) is 0 Å². The Kier molecular flexibility index (Phi) is 3.10. The Hall–Kier alpha value is -1.35. The lowest BCUT2D eigenvalue weighted by molar-refractivity contribution is -0.164. The lowest BCUT2D eigenvalue weighted by Gasteiger charge is -2.37. The van der Waals surface area contributed by atoms with Crippen molar-refractivity contribution >= 4 is 5.97 Å². The van der Waals surface area contributed by atoms with Crippen LogP contribution < -0.4 is 0 Å². The van der Waals surface area contributed by atoms with Gasteiger partial charge in [0.25, 0.3) is 0 Å². The first-order valence-electron chi connectivity index (χ1n) is 5.23. The van der Waals surface area contributed by atoms with Crippen LogP contribution in [-0.2, 0) is 10.4 Å². The summed E-state index contributed by atoms with van der Waals surface area (Å²) >= 11 is 0. The highest BCUT2D eigenvalue weighted by atomic mass is 16.4. The second-order valence-electron chi connectivity index (χ2n) is 4.82. The van der Waals surface area contributed by atoms with Gasteiger partial charge in [-0.2, -0.15) is 0 Å². The van der Waals surface area contributed by atoms with Crippen molar-refractivity contribution in [1.82, 2.24) is 0 Å². The number of aliphatic carboxylic acids is 1. The van der Waals surface area contributed by atoms with Crippen LogP contribution in [0.5, 0.6) is 0 Å². The average Bonchev–Trinajstić information content (AvgIpc) is 2.17. The number of aryl methyl sites for hydroxylation is 1. The van der Waals surface area contributed by atoms with Crippen LogP contribution in [0.1, 0.15) is 31.9 Å². The smallest absolute Gasteiger partial charge is 0.312 e. The van der Waals surface area contributed by atoms with Gasteiger partial charge in [0.15, 0.2) is 0 Å². The van der Waals surface area contributed by atoms with E-state index < -0.39 is 17.0 Å². The fraction of sp³-hybridized carbons (Fsp3) is 0.462. The molecule has 0 aliphatic carbocycles. The zero-order valence-corrected chi connectivity index (χ0v) is 10.1. The molecule has 0 amide bonds. The molecule has 1 rings (SSSR count). The van der Waals surface area contributed by atoms with E-state index >= 15 is 0 Å². The number of rotatable bonds is 3. The molecule has 0 saturated heterocycles. The zero-order chi connectivity index (χ0) is 12.6. The Balaban J connectivity index is 3.32. The van der Waals surface area contributed by atoms with E-state index in [9.17, 15) is 9.90 Å². The molecule has 1 aromatic carbocycles. The van der Waals surface area contributed by atoms with Crippen molar-refractivity contribution in [1.29, 1.82) is 0 Å². The molecule has 16 heavy (non-hydrogen) atoms. The van der Waals surface area contributed by atoms with Gasteiger partial charge in [0, 0.05) is 0 Å². The summed E-state index contributed by atoms with van der Waals surface area (Å²) < 4.78 is 0. The van der Waals surface area contributed by atoms with Crippen molar-refractivity contribution in [2.45, 2.75) is 33.3 Å². The Labute approximate surface area is 95.7 Å². The van der Waals surface area contributed by atoms with Crippen LogP contribution in [0.2, 0.25) is 0 Å². The van der Waals surface area contributed by atoms with Crippen molar-refractivity contribution in [2.75, 3.05) is 0 Å². The van der Waals surface area contributed by atoms with Crippen LogP contribution in [0.3, 0.4) is 0 Å². The maximum Gasteiger partial charge on any atom is 0.312 e. The van der Waals surface area contributed by atoms with Crippen LogP contribution in [-0.4, -0.2) is 16.2 Å².